The summed E-state index contributed by atoms with van der Waals surface area (Å²) in [4.78, 5) is 13.6. The van der Waals surface area contributed by atoms with Gasteiger partial charge in [0.2, 0.25) is 5.95 Å². The molecular weight excluding hydrogens is 310 g/mol. The molecule has 0 amide bonds. The monoisotopic (exact) mass is 325 g/mol. The first-order valence-corrected chi connectivity index (χ1v) is 8.12. The third-order valence-corrected chi connectivity index (χ3v) is 4.51. The maximum atomic E-state index is 4.86. The molecule has 0 bridgehead atoms. The topological polar surface area (TPSA) is 48.5 Å². The highest BCUT2D eigenvalue weighted by molar-refractivity contribution is 5.95. The Balaban J connectivity index is 1.84. The zero-order valence-electron chi connectivity index (χ0n) is 13.7. The summed E-state index contributed by atoms with van der Waals surface area (Å²) in [5.41, 5.74) is 4.23. The van der Waals surface area contributed by atoms with Gasteiger partial charge >= 0.3 is 0 Å². The van der Waals surface area contributed by atoms with Crippen molar-refractivity contribution < 1.29 is 0 Å². The quantitative estimate of drug-likeness (QED) is 0.493. The number of aromatic nitrogens is 5. The number of para-hydroxylation sites is 3. The second kappa shape index (κ2) is 5.27. The summed E-state index contributed by atoms with van der Waals surface area (Å²) >= 11 is 0. The van der Waals surface area contributed by atoms with E-state index in [9.17, 15) is 0 Å². The van der Waals surface area contributed by atoms with Crippen molar-refractivity contribution >= 4 is 21.9 Å². The summed E-state index contributed by atoms with van der Waals surface area (Å²) in [7, 11) is 2.05. The summed E-state index contributed by atoms with van der Waals surface area (Å²) in [6, 6.07) is 18.3. The second-order valence-electron chi connectivity index (χ2n) is 5.96. The van der Waals surface area contributed by atoms with Crippen LogP contribution in [0.5, 0.6) is 0 Å². The van der Waals surface area contributed by atoms with Crippen molar-refractivity contribution in [3.05, 3.63) is 73.2 Å². The van der Waals surface area contributed by atoms with Gasteiger partial charge in [0, 0.05) is 36.6 Å². The van der Waals surface area contributed by atoms with E-state index in [1.807, 2.05) is 35.0 Å². The number of imidazole rings is 1. The molecule has 3 aromatic heterocycles. The Kier molecular flexibility index (Phi) is 2.94. The zero-order chi connectivity index (χ0) is 16.8. The molecule has 0 fully saturated rings. The van der Waals surface area contributed by atoms with Crippen molar-refractivity contribution in [2.45, 2.75) is 0 Å². The van der Waals surface area contributed by atoms with Crippen LogP contribution in [0, 0.1) is 0 Å². The van der Waals surface area contributed by atoms with E-state index in [-0.39, 0.29) is 0 Å². The molecule has 3 heterocycles. The van der Waals surface area contributed by atoms with Crippen molar-refractivity contribution in [2.75, 3.05) is 0 Å². The number of fused-ring (bicyclic) bond motifs is 2. The minimum absolute atomic E-state index is 0.656. The first-order chi connectivity index (χ1) is 12.3. The molecule has 0 saturated carbocycles. The highest BCUT2D eigenvalue weighted by atomic mass is 15.1. The number of hydrogen-bond acceptors (Lipinski definition) is 3. The molecule has 120 valence electrons. The Morgan fingerprint density at radius 2 is 1.68 bits per heavy atom. The lowest BCUT2D eigenvalue weighted by molar-refractivity contribution is 0.947. The van der Waals surface area contributed by atoms with Gasteiger partial charge in [0.05, 0.1) is 16.6 Å². The Morgan fingerprint density at radius 3 is 2.52 bits per heavy atom. The van der Waals surface area contributed by atoms with Gasteiger partial charge in [0.15, 0.2) is 0 Å². The van der Waals surface area contributed by atoms with Crippen molar-refractivity contribution in [1.29, 1.82) is 0 Å². The number of aryl methyl sites for hydroxylation is 1. The van der Waals surface area contributed by atoms with E-state index in [0.717, 1.165) is 33.3 Å². The van der Waals surface area contributed by atoms with Crippen LogP contribution in [-0.4, -0.2) is 24.1 Å². The molecule has 0 atom stereocenters. The molecule has 5 nitrogen and oxygen atoms in total. The minimum atomic E-state index is 0.656. The van der Waals surface area contributed by atoms with E-state index in [1.54, 1.807) is 12.4 Å². The predicted octanol–water partition coefficient (Wildman–Crippen LogP) is 3.97. The van der Waals surface area contributed by atoms with Gasteiger partial charge in [-0.3, -0.25) is 4.57 Å². The normalized spacial score (nSPS) is 11.4. The van der Waals surface area contributed by atoms with E-state index < -0.39 is 0 Å². The molecule has 0 spiro atoms. The van der Waals surface area contributed by atoms with E-state index in [4.69, 9.17) is 4.98 Å². The summed E-state index contributed by atoms with van der Waals surface area (Å²) in [5.74, 6) is 1.59. The Labute approximate surface area is 144 Å². The fourth-order valence-electron chi connectivity index (χ4n) is 3.34. The average Bonchev–Trinajstić information content (AvgIpc) is 3.24. The molecule has 5 heteroatoms. The lowest BCUT2D eigenvalue weighted by atomic mass is 10.1. The van der Waals surface area contributed by atoms with E-state index in [0.29, 0.717) is 5.95 Å². The highest BCUT2D eigenvalue weighted by Crippen LogP contribution is 2.31. The third-order valence-electron chi connectivity index (χ3n) is 4.51. The van der Waals surface area contributed by atoms with Crippen LogP contribution in [-0.2, 0) is 7.05 Å². The Hall–Kier alpha value is -3.47. The second-order valence-corrected chi connectivity index (χ2v) is 5.96. The van der Waals surface area contributed by atoms with Crippen LogP contribution < -0.4 is 0 Å². The molecule has 0 N–H and O–H groups in total. The van der Waals surface area contributed by atoms with Crippen LogP contribution in [0.2, 0.25) is 0 Å². The molecule has 5 rings (SSSR count). The summed E-state index contributed by atoms with van der Waals surface area (Å²) < 4.78 is 4.15. The van der Waals surface area contributed by atoms with Gasteiger partial charge in [0.1, 0.15) is 5.82 Å². The predicted molar refractivity (Wildman–Crippen MR) is 98.6 cm³/mol. The lowest BCUT2D eigenvalue weighted by Crippen LogP contribution is -2.01. The third kappa shape index (κ3) is 2.06. The Bertz CT molecular complexity index is 1200. The molecule has 0 unspecified atom stereocenters. The van der Waals surface area contributed by atoms with Gasteiger partial charge in [-0.05, 0) is 30.3 Å². The average molecular weight is 325 g/mol. The number of nitrogens with zero attached hydrogens (tertiary/aromatic N) is 5. The molecule has 5 aromatic rings. The first kappa shape index (κ1) is 13.9. The smallest absolute Gasteiger partial charge is 0.234 e. The number of benzene rings is 2. The van der Waals surface area contributed by atoms with Crippen LogP contribution in [0.15, 0.2) is 73.2 Å². The number of rotatable bonds is 2. The molecule has 0 aliphatic carbocycles. The fraction of sp³-hybridized carbons (Fsp3) is 0.0500. The molecule has 2 aromatic carbocycles. The van der Waals surface area contributed by atoms with Crippen LogP contribution in [0.1, 0.15) is 0 Å². The van der Waals surface area contributed by atoms with Crippen molar-refractivity contribution in [1.82, 2.24) is 24.1 Å². The van der Waals surface area contributed by atoms with Crippen molar-refractivity contribution in [3.63, 3.8) is 0 Å². The van der Waals surface area contributed by atoms with Crippen molar-refractivity contribution in [3.8, 4) is 17.3 Å². The van der Waals surface area contributed by atoms with Gasteiger partial charge < -0.3 is 4.57 Å². The lowest BCUT2D eigenvalue weighted by Gasteiger charge is -2.09. The summed E-state index contributed by atoms with van der Waals surface area (Å²) in [5, 5.41) is 1.14. The molecule has 25 heavy (non-hydrogen) atoms. The van der Waals surface area contributed by atoms with Crippen LogP contribution in [0.3, 0.4) is 0 Å². The zero-order valence-corrected chi connectivity index (χ0v) is 13.7. The fourth-order valence-corrected chi connectivity index (χ4v) is 3.34. The summed E-state index contributed by atoms with van der Waals surface area (Å²) in [6.45, 7) is 0. The molecule has 0 aliphatic heterocycles. The van der Waals surface area contributed by atoms with E-state index >= 15 is 0 Å². The highest BCUT2D eigenvalue weighted by Gasteiger charge is 2.16. The molecular formula is C20H15N5. The van der Waals surface area contributed by atoms with Crippen LogP contribution in [0.4, 0.5) is 0 Å². The van der Waals surface area contributed by atoms with E-state index in [1.165, 1.54) is 0 Å². The molecule has 0 aliphatic rings. The van der Waals surface area contributed by atoms with Crippen LogP contribution in [0.25, 0.3) is 39.3 Å². The Morgan fingerprint density at radius 1 is 0.840 bits per heavy atom. The van der Waals surface area contributed by atoms with Crippen molar-refractivity contribution in [2.24, 2.45) is 7.05 Å². The SMILES string of the molecule is Cn1c(-c2cccc3ccn(-c4ncccn4)c23)nc2ccccc21. The van der Waals surface area contributed by atoms with Gasteiger partial charge in [-0.15, -0.1) is 0 Å². The summed E-state index contributed by atoms with van der Waals surface area (Å²) in [6.07, 6.45) is 5.52. The first-order valence-electron chi connectivity index (χ1n) is 8.12. The van der Waals surface area contributed by atoms with E-state index in [2.05, 4.69) is 51.9 Å². The number of hydrogen-bond donors (Lipinski definition) is 0. The minimum Gasteiger partial charge on any atom is -0.327 e. The van der Waals surface area contributed by atoms with Gasteiger partial charge in [-0.25, -0.2) is 15.0 Å². The van der Waals surface area contributed by atoms with Gasteiger partial charge in [-0.2, -0.15) is 0 Å². The largest absolute Gasteiger partial charge is 0.327 e. The maximum Gasteiger partial charge on any atom is 0.234 e. The molecule has 0 saturated heterocycles. The molecule has 0 radical (unpaired) electrons. The maximum absolute atomic E-state index is 4.86. The van der Waals surface area contributed by atoms with Crippen LogP contribution >= 0.6 is 0 Å². The van der Waals surface area contributed by atoms with Gasteiger partial charge in [0.25, 0.3) is 0 Å². The standard InChI is InChI=1S/C20H15N5/c1-24-17-9-3-2-8-16(17)23-19(24)15-7-4-6-14-10-13-25(18(14)15)20-21-11-5-12-22-20/h2-13H,1H3. The van der Waals surface area contributed by atoms with Gasteiger partial charge in [-0.1, -0.05) is 24.3 Å².